The number of halogens is 1. The fourth-order valence-electron chi connectivity index (χ4n) is 3.19. The third kappa shape index (κ3) is 4.62. The molecule has 7 nitrogen and oxygen atoms in total. The van der Waals surface area contributed by atoms with Crippen LogP contribution in [-0.2, 0) is 21.2 Å². The third-order valence-electron chi connectivity index (χ3n) is 4.82. The number of alkyl halides is 1. The molecule has 2 aromatic rings. The maximum Gasteiger partial charge on any atom is 0.261 e. The van der Waals surface area contributed by atoms with E-state index in [1.54, 1.807) is 30.9 Å². The largest absolute Gasteiger partial charge is 0.345 e. The SMILES string of the molecule is CC(=O)N1CCc2cc(S(=O)(=O)Nc3ccc(C(=O)NC(C)(C)CF)cc3)ccc21. The van der Waals surface area contributed by atoms with E-state index in [0.29, 0.717) is 24.2 Å². The molecular formula is C21H24FN3O4S. The Balaban J connectivity index is 1.75. The van der Waals surface area contributed by atoms with Gasteiger partial charge in [0.25, 0.3) is 15.9 Å². The molecule has 3 rings (SSSR count). The van der Waals surface area contributed by atoms with Gasteiger partial charge in [-0.2, -0.15) is 0 Å². The Hall–Kier alpha value is -2.94. The summed E-state index contributed by atoms with van der Waals surface area (Å²) in [6.45, 7) is 4.44. The number of sulfonamides is 1. The van der Waals surface area contributed by atoms with E-state index < -0.39 is 28.1 Å². The number of benzene rings is 2. The maximum atomic E-state index is 12.9. The molecule has 2 N–H and O–H groups in total. The van der Waals surface area contributed by atoms with Crippen LogP contribution in [0.5, 0.6) is 0 Å². The van der Waals surface area contributed by atoms with Gasteiger partial charge in [-0.05, 0) is 68.3 Å². The van der Waals surface area contributed by atoms with E-state index in [2.05, 4.69) is 10.0 Å². The first kappa shape index (κ1) is 21.8. The molecule has 1 aliphatic rings. The molecule has 0 fully saturated rings. The highest BCUT2D eigenvalue weighted by molar-refractivity contribution is 7.92. The molecule has 0 atom stereocenters. The van der Waals surface area contributed by atoms with Crippen molar-refractivity contribution in [3.63, 3.8) is 0 Å². The van der Waals surface area contributed by atoms with Crippen molar-refractivity contribution < 1.29 is 22.4 Å². The van der Waals surface area contributed by atoms with Gasteiger partial charge in [-0.1, -0.05) is 0 Å². The van der Waals surface area contributed by atoms with Crippen molar-refractivity contribution in [3.05, 3.63) is 53.6 Å². The van der Waals surface area contributed by atoms with Gasteiger partial charge in [0, 0.05) is 30.4 Å². The van der Waals surface area contributed by atoms with E-state index in [0.717, 1.165) is 11.3 Å². The van der Waals surface area contributed by atoms with Crippen LogP contribution in [0.25, 0.3) is 0 Å². The molecule has 1 aliphatic heterocycles. The molecule has 2 amide bonds. The molecule has 160 valence electrons. The number of hydrogen-bond acceptors (Lipinski definition) is 4. The number of amides is 2. The van der Waals surface area contributed by atoms with Crippen LogP contribution in [0.4, 0.5) is 15.8 Å². The number of carbonyl (C=O) groups excluding carboxylic acids is 2. The lowest BCUT2D eigenvalue weighted by Crippen LogP contribution is -2.45. The maximum absolute atomic E-state index is 12.9. The summed E-state index contributed by atoms with van der Waals surface area (Å²) in [5, 5.41) is 2.57. The number of nitrogens with one attached hydrogen (secondary N) is 2. The van der Waals surface area contributed by atoms with E-state index in [4.69, 9.17) is 0 Å². The zero-order valence-electron chi connectivity index (χ0n) is 17.0. The molecule has 0 spiro atoms. The minimum absolute atomic E-state index is 0.0819. The van der Waals surface area contributed by atoms with Crippen LogP contribution in [0, 0.1) is 0 Å². The fourth-order valence-corrected chi connectivity index (χ4v) is 4.30. The van der Waals surface area contributed by atoms with Crippen LogP contribution in [0.15, 0.2) is 47.4 Å². The van der Waals surface area contributed by atoms with Crippen LogP contribution in [0.3, 0.4) is 0 Å². The quantitative estimate of drug-likeness (QED) is 0.732. The summed E-state index contributed by atoms with van der Waals surface area (Å²) in [4.78, 5) is 25.5. The van der Waals surface area contributed by atoms with E-state index in [1.807, 2.05) is 0 Å². The van der Waals surface area contributed by atoms with Crippen molar-refractivity contribution in [1.29, 1.82) is 0 Å². The number of fused-ring (bicyclic) bond motifs is 1. The Bertz CT molecular complexity index is 1080. The average Bonchev–Trinajstić information content (AvgIpc) is 3.11. The molecule has 0 bridgehead atoms. The van der Waals surface area contributed by atoms with Crippen LogP contribution < -0.4 is 14.9 Å². The van der Waals surface area contributed by atoms with Gasteiger partial charge in [0.05, 0.1) is 10.4 Å². The molecule has 0 saturated carbocycles. The van der Waals surface area contributed by atoms with Gasteiger partial charge >= 0.3 is 0 Å². The number of rotatable bonds is 6. The summed E-state index contributed by atoms with van der Waals surface area (Å²) in [5.41, 5.74) is 1.13. The van der Waals surface area contributed by atoms with Crippen LogP contribution in [0.1, 0.15) is 36.7 Å². The highest BCUT2D eigenvalue weighted by Gasteiger charge is 2.25. The summed E-state index contributed by atoms with van der Waals surface area (Å²) in [6.07, 6.45) is 0.595. The highest BCUT2D eigenvalue weighted by atomic mass is 32.2. The number of carbonyl (C=O) groups is 2. The number of hydrogen-bond donors (Lipinski definition) is 2. The smallest absolute Gasteiger partial charge is 0.261 e. The van der Waals surface area contributed by atoms with Crippen molar-refractivity contribution in [2.45, 2.75) is 37.6 Å². The molecule has 0 saturated heterocycles. The molecule has 2 aromatic carbocycles. The molecule has 0 aliphatic carbocycles. The summed E-state index contributed by atoms with van der Waals surface area (Å²) in [6, 6.07) is 10.5. The Morgan fingerprint density at radius 3 is 2.40 bits per heavy atom. The van der Waals surface area contributed by atoms with E-state index >= 15 is 0 Å². The van der Waals surface area contributed by atoms with Gasteiger partial charge in [0.15, 0.2) is 0 Å². The third-order valence-corrected chi connectivity index (χ3v) is 6.20. The van der Waals surface area contributed by atoms with Crippen molar-refractivity contribution in [3.8, 4) is 0 Å². The standard InChI is InChI=1S/C21H24FN3O4S/c1-14(26)25-11-10-16-12-18(8-9-19(16)25)30(28,29)24-17-6-4-15(5-7-17)20(27)23-21(2,3)13-22/h4-9,12,24H,10-11,13H2,1-3H3,(H,23,27). The first-order chi connectivity index (χ1) is 14.0. The molecule has 1 heterocycles. The van der Waals surface area contributed by atoms with Gasteiger partial charge in [-0.3, -0.25) is 14.3 Å². The Morgan fingerprint density at radius 1 is 1.13 bits per heavy atom. The predicted octanol–water partition coefficient (Wildman–Crippen LogP) is 2.87. The zero-order valence-corrected chi connectivity index (χ0v) is 17.8. The monoisotopic (exact) mass is 433 g/mol. The lowest BCUT2D eigenvalue weighted by atomic mass is 10.1. The van der Waals surface area contributed by atoms with E-state index in [-0.39, 0.29) is 10.8 Å². The second kappa shape index (κ2) is 8.06. The second-order valence-corrected chi connectivity index (χ2v) is 9.55. The van der Waals surface area contributed by atoms with Gasteiger partial charge in [-0.15, -0.1) is 0 Å². The number of anilines is 2. The minimum Gasteiger partial charge on any atom is -0.345 e. The zero-order chi connectivity index (χ0) is 22.1. The van der Waals surface area contributed by atoms with Crippen molar-refractivity contribution in [2.24, 2.45) is 0 Å². The summed E-state index contributed by atoms with van der Waals surface area (Å²) < 4.78 is 40.9. The lowest BCUT2D eigenvalue weighted by Gasteiger charge is -2.22. The average molecular weight is 434 g/mol. The van der Waals surface area contributed by atoms with Crippen LogP contribution >= 0.6 is 0 Å². The van der Waals surface area contributed by atoms with Gasteiger partial charge in [0.1, 0.15) is 6.67 Å². The normalized spacial score (nSPS) is 13.7. The summed E-state index contributed by atoms with van der Waals surface area (Å²) in [7, 11) is -3.84. The van der Waals surface area contributed by atoms with Crippen molar-refractivity contribution in [1.82, 2.24) is 5.32 Å². The van der Waals surface area contributed by atoms with Crippen LogP contribution in [-0.4, -0.2) is 39.0 Å². The van der Waals surface area contributed by atoms with Gasteiger partial charge in [0.2, 0.25) is 5.91 Å². The van der Waals surface area contributed by atoms with Crippen molar-refractivity contribution in [2.75, 3.05) is 22.8 Å². The Kier molecular flexibility index (Phi) is 5.85. The molecule has 0 unspecified atom stereocenters. The fraction of sp³-hybridized carbons (Fsp3) is 0.333. The van der Waals surface area contributed by atoms with E-state index in [1.165, 1.54) is 37.3 Å². The molecule has 0 aromatic heterocycles. The Labute approximate surface area is 175 Å². The lowest BCUT2D eigenvalue weighted by molar-refractivity contribution is -0.116. The summed E-state index contributed by atoms with van der Waals surface area (Å²) >= 11 is 0. The molecule has 30 heavy (non-hydrogen) atoms. The second-order valence-electron chi connectivity index (χ2n) is 7.87. The van der Waals surface area contributed by atoms with Crippen LogP contribution in [0.2, 0.25) is 0 Å². The molecule has 9 heteroatoms. The van der Waals surface area contributed by atoms with E-state index in [9.17, 15) is 22.4 Å². The molecular weight excluding hydrogens is 409 g/mol. The first-order valence-corrected chi connectivity index (χ1v) is 10.9. The highest BCUT2D eigenvalue weighted by Crippen LogP contribution is 2.30. The van der Waals surface area contributed by atoms with Gasteiger partial charge in [-0.25, -0.2) is 12.8 Å². The van der Waals surface area contributed by atoms with Crippen molar-refractivity contribution >= 4 is 33.2 Å². The molecule has 0 radical (unpaired) electrons. The predicted molar refractivity (Wildman–Crippen MR) is 113 cm³/mol. The summed E-state index contributed by atoms with van der Waals surface area (Å²) in [5.74, 6) is -0.526. The first-order valence-electron chi connectivity index (χ1n) is 9.45. The Morgan fingerprint density at radius 2 is 1.80 bits per heavy atom. The topological polar surface area (TPSA) is 95.6 Å². The number of nitrogens with zero attached hydrogens (tertiary/aromatic N) is 1. The van der Waals surface area contributed by atoms with Gasteiger partial charge < -0.3 is 10.2 Å². The minimum atomic E-state index is -3.84.